The third-order valence-electron chi connectivity index (χ3n) is 8.55. The highest BCUT2D eigenvalue weighted by atomic mass is 16.6. The predicted molar refractivity (Wildman–Crippen MR) is 175 cm³/mol. The topological polar surface area (TPSA) is 67.8 Å². The molecule has 1 atom stereocenters. The number of carbonyl (C=O) groups excluding carboxylic acids is 1. The van der Waals surface area contributed by atoms with E-state index in [1.165, 1.54) is 16.7 Å². The lowest BCUT2D eigenvalue weighted by Crippen LogP contribution is -2.51. The summed E-state index contributed by atoms with van der Waals surface area (Å²) in [4.78, 5) is 27.2. The van der Waals surface area contributed by atoms with Gasteiger partial charge in [0.05, 0.1) is 17.2 Å². The normalized spacial score (nSPS) is 14.8. The number of esters is 1. The largest absolute Gasteiger partial charge is 0.488 e. The summed E-state index contributed by atoms with van der Waals surface area (Å²) in [6.07, 6.45) is 1.58. The maximum atomic E-state index is 12.2. The Hall–Kier alpha value is -3.45. The van der Waals surface area contributed by atoms with Crippen molar-refractivity contribution in [3.63, 3.8) is 0 Å². The summed E-state index contributed by atoms with van der Waals surface area (Å²) in [7, 11) is 0. The smallest absolute Gasteiger partial charge is 0.309 e. The molecule has 1 unspecified atom stereocenters. The second-order valence-electron chi connectivity index (χ2n) is 12.3. The van der Waals surface area contributed by atoms with Crippen LogP contribution in [0.25, 0.3) is 11.4 Å². The molecule has 0 spiro atoms. The average Bonchev–Trinajstić information content (AvgIpc) is 3.00. The number of hydrogen-bond acceptors (Lipinski definition) is 7. The number of ether oxygens (including phenoxy) is 2. The van der Waals surface area contributed by atoms with Crippen molar-refractivity contribution in [2.24, 2.45) is 5.92 Å². The molecule has 2 heterocycles. The number of anilines is 1. The number of aryl methyl sites for hydroxylation is 4. The van der Waals surface area contributed by atoms with E-state index in [0.29, 0.717) is 12.5 Å². The third-order valence-corrected chi connectivity index (χ3v) is 8.55. The maximum absolute atomic E-state index is 12.2. The minimum Gasteiger partial charge on any atom is -0.488 e. The second kappa shape index (κ2) is 14.3. The van der Waals surface area contributed by atoms with Crippen molar-refractivity contribution >= 4 is 11.8 Å². The zero-order chi connectivity index (χ0) is 31.3. The number of carbonyl (C=O) groups is 1. The van der Waals surface area contributed by atoms with Gasteiger partial charge in [-0.1, -0.05) is 71.9 Å². The molecule has 1 aliphatic heterocycles. The number of benzene rings is 2. The molecule has 1 fully saturated rings. The van der Waals surface area contributed by atoms with Gasteiger partial charge in [-0.25, -0.2) is 9.97 Å². The van der Waals surface area contributed by atoms with E-state index in [-0.39, 0.29) is 18.1 Å². The van der Waals surface area contributed by atoms with Crippen LogP contribution in [-0.4, -0.2) is 53.2 Å². The Morgan fingerprint density at radius 2 is 1.56 bits per heavy atom. The molecular weight excluding hydrogens is 536 g/mol. The van der Waals surface area contributed by atoms with E-state index in [1.54, 1.807) is 0 Å². The van der Waals surface area contributed by atoms with Crippen molar-refractivity contribution < 1.29 is 14.3 Å². The Kier molecular flexibility index (Phi) is 10.8. The van der Waals surface area contributed by atoms with Crippen LogP contribution in [0, 0.1) is 19.8 Å². The third kappa shape index (κ3) is 7.56. The van der Waals surface area contributed by atoms with Crippen LogP contribution in [0.3, 0.4) is 0 Å². The molecular formula is C36H50N4O3. The number of piperazine rings is 1. The molecule has 7 nitrogen and oxygen atoms in total. The molecule has 1 aliphatic rings. The van der Waals surface area contributed by atoms with Crippen molar-refractivity contribution in [1.82, 2.24) is 14.9 Å². The van der Waals surface area contributed by atoms with E-state index in [9.17, 15) is 4.79 Å². The monoisotopic (exact) mass is 586 g/mol. The van der Waals surface area contributed by atoms with Crippen LogP contribution in [0.4, 0.5) is 5.82 Å². The molecule has 0 radical (unpaired) electrons. The van der Waals surface area contributed by atoms with Gasteiger partial charge in [-0.15, -0.1) is 0 Å². The number of aromatic nitrogens is 2. The lowest BCUT2D eigenvalue weighted by Gasteiger charge is -2.39. The van der Waals surface area contributed by atoms with Crippen LogP contribution in [0.1, 0.15) is 87.9 Å². The molecule has 0 aliphatic carbocycles. The lowest BCUT2D eigenvalue weighted by atomic mass is 9.96. The predicted octanol–water partition coefficient (Wildman–Crippen LogP) is 7.25. The first kappa shape index (κ1) is 32.5. The summed E-state index contributed by atoms with van der Waals surface area (Å²) in [5.41, 5.74) is 8.00. The first-order valence-corrected chi connectivity index (χ1v) is 15.9. The Balaban J connectivity index is 1.69. The average molecular weight is 587 g/mol. The number of rotatable bonds is 11. The van der Waals surface area contributed by atoms with Crippen molar-refractivity contribution in [3.05, 3.63) is 69.9 Å². The van der Waals surface area contributed by atoms with Crippen LogP contribution in [-0.2, 0) is 29.0 Å². The van der Waals surface area contributed by atoms with Gasteiger partial charge in [-0.2, -0.15) is 0 Å². The van der Waals surface area contributed by atoms with Gasteiger partial charge in [0.15, 0.2) is 12.1 Å². The molecule has 1 saturated heterocycles. The van der Waals surface area contributed by atoms with E-state index in [4.69, 9.17) is 19.4 Å². The Bertz CT molecular complexity index is 1390. The van der Waals surface area contributed by atoms with Gasteiger partial charge in [0.1, 0.15) is 18.2 Å². The van der Waals surface area contributed by atoms with Crippen LogP contribution in [0.5, 0.6) is 5.75 Å². The van der Waals surface area contributed by atoms with Crippen molar-refractivity contribution in [3.8, 4) is 17.1 Å². The van der Waals surface area contributed by atoms with Gasteiger partial charge < -0.3 is 14.4 Å². The molecule has 0 bridgehead atoms. The first-order chi connectivity index (χ1) is 20.5. The molecule has 3 aromatic rings. The highest BCUT2D eigenvalue weighted by Gasteiger charge is 2.28. The highest BCUT2D eigenvalue weighted by Crippen LogP contribution is 2.33. The summed E-state index contributed by atoms with van der Waals surface area (Å²) in [6.45, 7) is 22.1. The molecule has 43 heavy (non-hydrogen) atoms. The summed E-state index contributed by atoms with van der Waals surface area (Å²) in [5, 5.41) is 0. The van der Waals surface area contributed by atoms with Gasteiger partial charge in [0, 0.05) is 31.7 Å². The number of nitrogens with zero attached hydrogens (tertiary/aromatic N) is 4. The fourth-order valence-corrected chi connectivity index (χ4v) is 5.61. The quantitative estimate of drug-likeness (QED) is 0.219. The van der Waals surface area contributed by atoms with E-state index < -0.39 is 0 Å². The van der Waals surface area contributed by atoms with Gasteiger partial charge in [0.25, 0.3) is 0 Å². The Labute approximate surface area is 258 Å². The molecule has 7 heteroatoms. The number of hydrogen-bond donors (Lipinski definition) is 0. The van der Waals surface area contributed by atoms with Crippen LogP contribution >= 0.6 is 0 Å². The Morgan fingerprint density at radius 3 is 2.14 bits per heavy atom. The molecule has 0 amide bonds. The highest BCUT2D eigenvalue weighted by molar-refractivity contribution is 5.71. The zero-order valence-corrected chi connectivity index (χ0v) is 27.7. The van der Waals surface area contributed by atoms with Crippen molar-refractivity contribution in [2.45, 2.75) is 93.9 Å². The molecule has 232 valence electrons. The fourth-order valence-electron chi connectivity index (χ4n) is 5.61. The lowest BCUT2D eigenvalue weighted by molar-refractivity contribution is -0.161. The summed E-state index contributed by atoms with van der Waals surface area (Å²) in [5.74, 6) is 2.73. The van der Waals surface area contributed by atoms with E-state index in [1.807, 2.05) is 20.8 Å². The standard InChI is InChI=1S/C36H50N4O3/c1-10-28-13-12-14-29(11-2)33(28)34-37-26(8)31(22-42-32-21-30(23(3)4)16-15-25(32)7)35(38-34)40-19-17-39(18-20-40)27(9)43-36(41)24(5)6/h12-16,21,23-24,27H,10-11,17-20,22H2,1-9H3. The van der Waals surface area contributed by atoms with Crippen molar-refractivity contribution in [2.75, 3.05) is 31.1 Å². The molecule has 1 aromatic heterocycles. The second-order valence-corrected chi connectivity index (χ2v) is 12.3. The molecule has 2 aromatic carbocycles. The zero-order valence-electron chi connectivity index (χ0n) is 27.7. The van der Waals surface area contributed by atoms with Gasteiger partial charge in [0.2, 0.25) is 0 Å². The Morgan fingerprint density at radius 1 is 0.907 bits per heavy atom. The minimum atomic E-state index is -0.262. The van der Waals surface area contributed by atoms with Gasteiger partial charge in [-0.05, 0) is 67.9 Å². The summed E-state index contributed by atoms with van der Waals surface area (Å²) < 4.78 is 12.2. The molecule has 0 saturated carbocycles. The van der Waals surface area contributed by atoms with Crippen LogP contribution < -0.4 is 9.64 Å². The maximum Gasteiger partial charge on any atom is 0.309 e. The fraction of sp³-hybridized carbons (Fsp3) is 0.528. The van der Waals surface area contributed by atoms with E-state index in [0.717, 1.165) is 78.8 Å². The first-order valence-electron chi connectivity index (χ1n) is 15.9. The van der Waals surface area contributed by atoms with E-state index in [2.05, 4.69) is 87.7 Å². The van der Waals surface area contributed by atoms with E-state index >= 15 is 0 Å². The minimum absolute atomic E-state index is 0.141. The van der Waals surface area contributed by atoms with Crippen molar-refractivity contribution in [1.29, 1.82) is 0 Å². The van der Waals surface area contributed by atoms with Gasteiger partial charge >= 0.3 is 5.97 Å². The summed E-state index contributed by atoms with van der Waals surface area (Å²) in [6, 6.07) is 13.0. The van der Waals surface area contributed by atoms with Crippen LogP contribution in [0.2, 0.25) is 0 Å². The SMILES string of the molecule is CCc1cccc(CC)c1-c1nc(C)c(COc2cc(C(C)C)ccc2C)c(N2CCN(C(C)OC(=O)C(C)C)CC2)n1. The molecule has 4 rings (SSSR count). The molecule has 0 N–H and O–H groups in total. The van der Waals surface area contributed by atoms with Crippen LogP contribution in [0.15, 0.2) is 36.4 Å². The van der Waals surface area contributed by atoms with Gasteiger partial charge in [-0.3, -0.25) is 9.69 Å². The summed E-state index contributed by atoms with van der Waals surface area (Å²) >= 11 is 0.